The average Bonchev–Trinajstić information content (AvgIpc) is 2.55. The molecule has 1 fully saturated rings. The Hall–Kier alpha value is -0.870. The number of fused-ring (bicyclic) bond motifs is 1. The standard InChI is InChI=1S/C20H34O4/c1-14(11-18(23)24)7-9-19(3)15(2)8-10-20(13-22)16(12-21)5-4-6-17(19)20/h5,14-15,17,21-22H,4,6-13H2,1-3H3,(H,23,24)/t14-,15+,17-,19+,20+/m1/s1. The van der Waals surface area contributed by atoms with E-state index in [4.69, 9.17) is 5.11 Å². The first-order valence-electron chi connectivity index (χ1n) is 9.43. The summed E-state index contributed by atoms with van der Waals surface area (Å²) in [4.78, 5) is 10.9. The number of hydrogen-bond donors (Lipinski definition) is 3. The maximum absolute atomic E-state index is 10.9. The van der Waals surface area contributed by atoms with Crippen LogP contribution in [0.5, 0.6) is 0 Å². The summed E-state index contributed by atoms with van der Waals surface area (Å²) in [7, 11) is 0. The first-order chi connectivity index (χ1) is 11.3. The monoisotopic (exact) mass is 338 g/mol. The van der Waals surface area contributed by atoms with Crippen LogP contribution in [0.1, 0.15) is 65.7 Å². The minimum absolute atomic E-state index is 0.0386. The van der Waals surface area contributed by atoms with Crippen LogP contribution in [0.15, 0.2) is 11.6 Å². The van der Waals surface area contributed by atoms with Crippen LogP contribution in [0.4, 0.5) is 0 Å². The van der Waals surface area contributed by atoms with Gasteiger partial charge in [-0.2, -0.15) is 0 Å². The molecule has 0 aliphatic heterocycles. The van der Waals surface area contributed by atoms with Crippen molar-refractivity contribution in [3.63, 3.8) is 0 Å². The first-order valence-corrected chi connectivity index (χ1v) is 9.43. The molecule has 1 saturated carbocycles. The lowest BCUT2D eigenvalue weighted by atomic mass is 9.46. The van der Waals surface area contributed by atoms with Gasteiger partial charge in [-0.25, -0.2) is 0 Å². The van der Waals surface area contributed by atoms with Crippen molar-refractivity contribution in [3.8, 4) is 0 Å². The normalized spacial score (nSPS) is 37.5. The van der Waals surface area contributed by atoms with E-state index < -0.39 is 5.97 Å². The average molecular weight is 338 g/mol. The molecule has 0 aromatic carbocycles. The molecule has 138 valence electrons. The Kier molecular flexibility index (Phi) is 6.14. The molecule has 0 unspecified atom stereocenters. The first kappa shape index (κ1) is 19.5. The van der Waals surface area contributed by atoms with Crippen LogP contribution in [-0.2, 0) is 4.79 Å². The largest absolute Gasteiger partial charge is 0.481 e. The highest BCUT2D eigenvalue weighted by molar-refractivity contribution is 5.66. The molecule has 5 atom stereocenters. The van der Waals surface area contributed by atoms with Crippen molar-refractivity contribution < 1.29 is 20.1 Å². The number of carboxylic acids is 1. The van der Waals surface area contributed by atoms with Crippen LogP contribution >= 0.6 is 0 Å². The van der Waals surface area contributed by atoms with E-state index in [1.807, 2.05) is 6.92 Å². The lowest BCUT2D eigenvalue weighted by Crippen LogP contribution is -2.53. The van der Waals surface area contributed by atoms with Crippen LogP contribution in [0.2, 0.25) is 0 Å². The molecule has 0 heterocycles. The predicted octanol–water partition coefficient (Wildman–Crippen LogP) is 3.62. The van der Waals surface area contributed by atoms with E-state index in [2.05, 4.69) is 19.9 Å². The van der Waals surface area contributed by atoms with Gasteiger partial charge in [0.15, 0.2) is 0 Å². The molecular weight excluding hydrogens is 304 g/mol. The highest BCUT2D eigenvalue weighted by atomic mass is 16.4. The second-order valence-corrected chi connectivity index (χ2v) is 8.52. The summed E-state index contributed by atoms with van der Waals surface area (Å²) in [6.07, 6.45) is 8.28. The smallest absolute Gasteiger partial charge is 0.303 e. The fraction of sp³-hybridized carbons (Fsp3) is 0.850. The third-order valence-corrected chi connectivity index (χ3v) is 7.25. The van der Waals surface area contributed by atoms with Gasteiger partial charge in [-0.15, -0.1) is 0 Å². The van der Waals surface area contributed by atoms with Crippen molar-refractivity contribution in [3.05, 3.63) is 11.6 Å². The molecule has 2 aliphatic carbocycles. The third-order valence-electron chi connectivity index (χ3n) is 7.25. The Bertz CT molecular complexity index is 486. The highest BCUT2D eigenvalue weighted by Gasteiger charge is 2.55. The summed E-state index contributed by atoms with van der Waals surface area (Å²) in [5.74, 6) is 0.366. The number of carboxylic acid groups (broad SMARTS) is 1. The quantitative estimate of drug-likeness (QED) is 0.620. The number of aliphatic carboxylic acids is 1. The van der Waals surface area contributed by atoms with E-state index in [0.717, 1.165) is 44.1 Å². The molecule has 24 heavy (non-hydrogen) atoms. The van der Waals surface area contributed by atoms with E-state index in [-0.39, 0.29) is 36.4 Å². The molecule has 0 radical (unpaired) electrons. The maximum atomic E-state index is 10.9. The van der Waals surface area contributed by atoms with Gasteiger partial charge in [0.05, 0.1) is 13.2 Å². The Morgan fingerprint density at radius 3 is 2.67 bits per heavy atom. The molecule has 0 aromatic heterocycles. The Balaban J connectivity index is 2.23. The van der Waals surface area contributed by atoms with Gasteiger partial charge in [-0.1, -0.05) is 26.8 Å². The molecule has 3 N–H and O–H groups in total. The number of hydrogen-bond acceptors (Lipinski definition) is 3. The van der Waals surface area contributed by atoms with Crippen molar-refractivity contribution >= 4 is 5.97 Å². The van der Waals surface area contributed by atoms with Crippen molar-refractivity contribution in [1.29, 1.82) is 0 Å². The van der Waals surface area contributed by atoms with E-state index >= 15 is 0 Å². The molecule has 4 nitrogen and oxygen atoms in total. The lowest BCUT2D eigenvalue weighted by molar-refractivity contribution is -0.138. The zero-order valence-corrected chi connectivity index (χ0v) is 15.4. The molecule has 0 bridgehead atoms. The zero-order chi connectivity index (χ0) is 18.0. The fourth-order valence-electron chi connectivity index (χ4n) is 5.46. The molecular formula is C20H34O4. The van der Waals surface area contributed by atoms with Crippen LogP contribution < -0.4 is 0 Å². The molecule has 4 heteroatoms. The van der Waals surface area contributed by atoms with Gasteiger partial charge in [0.2, 0.25) is 0 Å². The van der Waals surface area contributed by atoms with E-state index in [0.29, 0.717) is 11.8 Å². The van der Waals surface area contributed by atoms with Crippen LogP contribution in [0.25, 0.3) is 0 Å². The lowest BCUT2D eigenvalue weighted by Gasteiger charge is -2.59. The van der Waals surface area contributed by atoms with Gasteiger partial charge in [0, 0.05) is 11.8 Å². The number of allylic oxidation sites excluding steroid dienone is 1. The zero-order valence-electron chi connectivity index (χ0n) is 15.4. The molecule has 0 spiro atoms. The van der Waals surface area contributed by atoms with Crippen molar-refractivity contribution in [1.82, 2.24) is 0 Å². The minimum Gasteiger partial charge on any atom is -0.481 e. The summed E-state index contributed by atoms with van der Waals surface area (Å²) in [6, 6.07) is 0. The maximum Gasteiger partial charge on any atom is 0.303 e. The summed E-state index contributed by atoms with van der Waals surface area (Å²) < 4.78 is 0. The highest BCUT2D eigenvalue weighted by Crippen LogP contribution is 2.61. The fourth-order valence-corrected chi connectivity index (χ4v) is 5.46. The number of carbonyl (C=O) groups is 1. The van der Waals surface area contributed by atoms with Gasteiger partial charge in [-0.05, 0) is 67.3 Å². The Labute approximate surface area is 146 Å². The molecule has 2 rings (SSSR count). The van der Waals surface area contributed by atoms with E-state index in [1.165, 1.54) is 0 Å². The van der Waals surface area contributed by atoms with Gasteiger partial charge in [0.1, 0.15) is 0 Å². The Morgan fingerprint density at radius 2 is 2.08 bits per heavy atom. The topological polar surface area (TPSA) is 77.8 Å². The molecule has 0 saturated heterocycles. The molecule has 0 amide bonds. The van der Waals surface area contributed by atoms with Crippen molar-refractivity contribution in [2.75, 3.05) is 13.2 Å². The van der Waals surface area contributed by atoms with Crippen LogP contribution in [0.3, 0.4) is 0 Å². The second-order valence-electron chi connectivity index (χ2n) is 8.52. The van der Waals surface area contributed by atoms with Gasteiger partial charge in [-0.3, -0.25) is 4.79 Å². The third kappa shape index (κ3) is 3.41. The van der Waals surface area contributed by atoms with Crippen molar-refractivity contribution in [2.45, 2.75) is 65.7 Å². The van der Waals surface area contributed by atoms with Gasteiger partial charge >= 0.3 is 5.97 Å². The second kappa shape index (κ2) is 7.57. The number of aliphatic hydroxyl groups is 2. The van der Waals surface area contributed by atoms with Gasteiger partial charge < -0.3 is 15.3 Å². The Morgan fingerprint density at radius 1 is 1.38 bits per heavy atom. The van der Waals surface area contributed by atoms with E-state index in [1.54, 1.807) is 0 Å². The summed E-state index contributed by atoms with van der Waals surface area (Å²) in [5.41, 5.74) is 0.838. The SMILES string of the molecule is C[C@H](CC[C@@]1(C)[C@@H](C)CC[C@]2(CO)C(CO)=CCC[C@@H]21)CC(=O)O. The summed E-state index contributed by atoms with van der Waals surface area (Å²) in [6.45, 7) is 6.80. The van der Waals surface area contributed by atoms with Crippen LogP contribution in [0, 0.1) is 28.6 Å². The molecule has 2 aliphatic rings. The minimum atomic E-state index is -0.725. The summed E-state index contributed by atoms with van der Waals surface area (Å²) in [5, 5.41) is 29.1. The summed E-state index contributed by atoms with van der Waals surface area (Å²) >= 11 is 0. The van der Waals surface area contributed by atoms with Crippen LogP contribution in [-0.4, -0.2) is 34.5 Å². The van der Waals surface area contributed by atoms with Crippen molar-refractivity contribution in [2.24, 2.45) is 28.6 Å². The number of rotatable bonds is 7. The molecule has 0 aromatic rings. The number of aliphatic hydroxyl groups excluding tert-OH is 2. The van der Waals surface area contributed by atoms with E-state index in [9.17, 15) is 15.0 Å². The predicted molar refractivity (Wildman–Crippen MR) is 94.6 cm³/mol. The van der Waals surface area contributed by atoms with Gasteiger partial charge in [0.25, 0.3) is 0 Å².